The predicted molar refractivity (Wildman–Crippen MR) is 70.9 cm³/mol. The highest BCUT2D eigenvalue weighted by Gasteiger charge is 2.41. The van der Waals surface area contributed by atoms with Crippen molar-refractivity contribution in [3.05, 3.63) is 34.3 Å². The van der Waals surface area contributed by atoms with Crippen LogP contribution in [-0.4, -0.2) is 18.3 Å². The Hall–Kier alpha value is -0.730. The van der Waals surface area contributed by atoms with Gasteiger partial charge in [0.25, 0.3) is 5.91 Å². The van der Waals surface area contributed by atoms with Crippen LogP contribution < -0.4 is 5.32 Å². The zero-order valence-electron chi connectivity index (χ0n) is 9.72. The topological polar surface area (TPSA) is 29.1 Å². The van der Waals surface area contributed by atoms with Crippen molar-refractivity contribution in [2.75, 3.05) is 12.4 Å². The van der Waals surface area contributed by atoms with Crippen LogP contribution in [0.5, 0.6) is 0 Å². The van der Waals surface area contributed by atoms with Gasteiger partial charge in [-0.05, 0) is 43.5 Å². The molecule has 17 heavy (non-hydrogen) atoms. The van der Waals surface area contributed by atoms with Gasteiger partial charge in [0.05, 0.1) is 0 Å². The molecule has 1 aliphatic carbocycles. The molecule has 1 saturated carbocycles. The second-order valence-corrected chi connectivity index (χ2v) is 5.54. The summed E-state index contributed by atoms with van der Waals surface area (Å²) >= 11 is 11.8. The van der Waals surface area contributed by atoms with Crippen molar-refractivity contribution in [1.29, 1.82) is 0 Å². The highest BCUT2D eigenvalue weighted by molar-refractivity contribution is 6.31. The quantitative estimate of drug-likeness (QED) is 0.836. The maximum atomic E-state index is 11.9. The van der Waals surface area contributed by atoms with Crippen LogP contribution in [0.4, 0.5) is 0 Å². The summed E-state index contributed by atoms with van der Waals surface area (Å²) in [6.07, 6.45) is 2.21. The van der Waals surface area contributed by atoms with E-state index in [1.807, 2.05) is 19.1 Å². The Kier molecular flexibility index (Phi) is 3.64. The second-order valence-electron chi connectivity index (χ2n) is 4.83. The largest absolute Gasteiger partial charge is 0.351 e. The average molecular weight is 272 g/mol. The number of nitrogens with one attached hydrogen (secondary N) is 1. The van der Waals surface area contributed by atoms with E-state index in [4.69, 9.17) is 23.2 Å². The Morgan fingerprint density at radius 2 is 2.12 bits per heavy atom. The molecule has 1 aromatic rings. The number of rotatable bonds is 4. The van der Waals surface area contributed by atoms with E-state index in [2.05, 4.69) is 5.32 Å². The zero-order valence-corrected chi connectivity index (χ0v) is 11.2. The van der Waals surface area contributed by atoms with E-state index in [-0.39, 0.29) is 11.3 Å². The fraction of sp³-hybridized carbons (Fsp3) is 0.462. The fourth-order valence-corrected chi connectivity index (χ4v) is 2.42. The first-order valence-electron chi connectivity index (χ1n) is 5.66. The van der Waals surface area contributed by atoms with Crippen molar-refractivity contribution in [2.45, 2.75) is 19.8 Å². The Balaban J connectivity index is 1.99. The molecule has 1 aromatic carbocycles. The summed E-state index contributed by atoms with van der Waals surface area (Å²) in [5.41, 5.74) is 1.74. The first-order chi connectivity index (χ1) is 8.04. The number of alkyl halides is 1. The zero-order chi connectivity index (χ0) is 12.5. The Bertz CT molecular complexity index is 421. The molecule has 0 unspecified atom stereocenters. The van der Waals surface area contributed by atoms with Gasteiger partial charge in [-0.25, -0.2) is 0 Å². The third-order valence-corrected chi connectivity index (χ3v) is 3.95. The van der Waals surface area contributed by atoms with Crippen LogP contribution in [0, 0.1) is 12.3 Å². The SMILES string of the molecule is Cc1cc(Cl)cc(C(=O)NCC2(CCl)CC2)c1. The van der Waals surface area contributed by atoms with Crippen molar-refractivity contribution in [2.24, 2.45) is 5.41 Å². The Labute approximate surface area is 111 Å². The lowest BCUT2D eigenvalue weighted by Gasteiger charge is -2.12. The number of aryl methyl sites for hydroxylation is 1. The van der Waals surface area contributed by atoms with Crippen LogP contribution in [0.25, 0.3) is 0 Å². The van der Waals surface area contributed by atoms with Gasteiger partial charge in [-0.3, -0.25) is 4.79 Å². The van der Waals surface area contributed by atoms with Gasteiger partial charge in [0, 0.05) is 28.4 Å². The monoisotopic (exact) mass is 271 g/mol. The standard InChI is InChI=1S/C13H15Cl2NO/c1-9-4-10(6-11(15)5-9)12(17)16-8-13(7-14)2-3-13/h4-6H,2-3,7-8H2,1H3,(H,16,17). The van der Waals surface area contributed by atoms with Gasteiger partial charge >= 0.3 is 0 Å². The molecule has 0 saturated heterocycles. The van der Waals surface area contributed by atoms with Crippen LogP contribution in [0.15, 0.2) is 18.2 Å². The van der Waals surface area contributed by atoms with Gasteiger partial charge in [0.1, 0.15) is 0 Å². The van der Waals surface area contributed by atoms with Crippen molar-refractivity contribution in [1.82, 2.24) is 5.32 Å². The van der Waals surface area contributed by atoms with E-state index in [9.17, 15) is 4.79 Å². The summed E-state index contributed by atoms with van der Waals surface area (Å²) in [6, 6.07) is 5.35. The summed E-state index contributed by atoms with van der Waals surface area (Å²) in [7, 11) is 0. The van der Waals surface area contributed by atoms with E-state index >= 15 is 0 Å². The second kappa shape index (κ2) is 4.87. The van der Waals surface area contributed by atoms with Gasteiger partial charge in [0.15, 0.2) is 0 Å². The number of halogens is 2. The highest BCUT2D eigenvalue weighted by atomic mass is 35.5. The molecule has 0 spiro atoms. The molecule has 0 radical (unpaired) electrons. The summed E-state index contributed by atoms with van der Waals surface area (Å²) in [6.45, 7) is 2.57. The van der Waals surface area contributed by atoms with Crippen molar-refractivity contribution in [3.8, 4) is 0 Å². The van der Waals surface area contributed by atoms with Crippen molar-refractivity contribution < 1.29 is 4.79 Å². The third-order valence-electron chi connectivity index (χ3n) is 3.17. The van der Waals surface area contributed by atoms with E-state index in [1.54, 1.807) is 6.07 Å². The lowest BCUT2D eigenvalue weighted by molar-refractivity contribution is 0.0946. The van der Waals surface area contributed by atoms with Crippen LogP contribution in [-0.2, 0) is 0 Å². The highest BCUT2D eigenvalue weighted by Crippen LogP contribution is 2.45. The lowest BCUT2D eigenvalue weighted by atomic mass is 10.1. The minimum atomic E-state index is -0.0769. The van der Waals surface area contributed by atoms with Crippen molar-refractivity contribution in [3.63, 3.8) is 0 Å². The van der Waals surface area contributed by atoms with Crippen molar-refractivity contribution >= 4 is 29.1 Å². The Morgan fingerprint density at radius 3 is 2.65 bits per heavy atom. The molecule has 1 fully saturated rings. The van der Waals surface area contributed by atoms with Gasteiger partial charge < -0.3 is 5.32 Å². The molecule has 92 valence electrons. The molecule has 0 heterocycles. The smallest absolute Gasteiger partial charge is 0.251 e. The molecule has 0 atom stereocenters. The van der Waals surface area contributed by atoms with Gasteiger partial charge in [-0.15, -0.1) is 11.6 Å². The summed E-state index contributed by atoms with van der Waals surface area (Å²) in [5.74, 6) is 0.536. The minimum Gasteiger partial charge on any atom is -0.351 e. The molecule has 1 amide bonds. The Morgan fingerprint density at radius 1 is 1.41 bits per heavy atom. The fourth-order valence-electron chi connectivity index (χ4n) is 1.77. The first-order valence-corrected chi connectivity index (χ1v) is 6.57. The van der Waals surface area contributed by atoms with Crippen LogP contribution >= 0.6 is 23.2 Å². The summed E-state index contributed by atoms with van der Waals surface area (Å²) < 4.78 is 0. The molecule has 1 aliphatic rings. The molecule has 2 rings (SSSR count). The molecule has 1 N–H and O–H groups in total. The van der Waals surface area contributed by atoms with Crippen LogP contribution in [0.1, 0.15) is 28.8 Å². The van der Waals surface area contributed by atoms with Crippen LogP contribution in [0.2, 0.25) is 5.02 Å². The number of carbonyl (C=O) groups excluding carboxylic acids is 1. The number of hydrogen-bond donors (Lipinski definition) is 1. The normalized spacial score (nSPS) is 16.6. The van der Waals surface area contributed by atoms with E-state index in [0.717, 1.165) is 18.4 Å². The van der Waals surface area contributed by atoms with Gasteiger partial charge in [-0.2, -0.15) is 0 Å². The summed E-state index contributed by atoms with van der Waals surface area (Å²) in [5, 5.41) is 3.52. The minimum absolute atomic E-state index is 0.0769. The molecular weight excluding hydrogens is 257 g/mol. The van der Waals surface area contributed by atoms with E-state index in [0.29, 0.717) is 23.0 Å². The maximum Gasteiger partial charge on any atom is 0.251 e. The average Bonchev–Trinajstić information content (AvgIpc) is 3.05. The van der Waals surface area contributed by atoms with E-state index in [1.165, 1.54) is 0 Å². The molecule has 0 aromatic heterocycles. The molecular formula is C13H15Cl2NO. The number of hydrogen-bond acceptors (Lipinski definition) is 1. The van der Waals surface area contributed by atoms with Crippen LogP contribution in [0.3, 0.4) is 0 Å². The summed E-state index contributed by atoms with van der Waals surface area (Å²) in [4.78, 5) is 11.9. The molecule has 2 nitrogen and oxygen atoms in total. The maximum absolute atomic E-state index is 11.9. The number of benzene rings is 1. The van der Waals surface area contributed by atoms with Gasteiger partial charge in [0.2, 0.25) is 0 Å². The van der Waals surface area contributed by atoms with E-state index < -0.39 is 0 Å². The molecule has 0 bridgehead atoms. The number of amides is 1. The number of carbonyl (C=O) groups is 1. The first kappa shape index (κ1) is 12.7. The third kappa shape index (κ3) is 3.14. The molecule has 4 heteroatoms. The molecule has 0 aliphatic heterocycles. The predicted octanol–water partition coefficient (Wildman–Crippen LogP) is 3.40. The lowest BCUT2D eigenvalue weighted by Crippen LogP contribution is -2.31. The van der Waals surface area contributed by atoms with Gasteiger partial charge in [-0.1, -0.05) is 11.6 Å².